The first-order valence-electron chi connectivity index (χ1n) is 3.40. The number of hydrogen-bond acceptors (Lipinski definition) is 5. The number of rotatable bonds is 1. The fourth-order valence-electron chi connectivity index (χ4n) is 1.02. The number of nitrogens with two attached hydrogens (primary N) is 1. The van der Waals surface area contributed by atoms with Crippen LogP contribution in [0, 0.1) is 4.64 Å². The molecule has 8 heteroatoms. The number of fused-ring (bicyclic) bond motifs is 1. The number of carbonyl (C=O) groups is 1. The first-order chi connectivity index (χ1) is 6.22. The molecule has 0 aliphatic rings. The summed E-state index contributed by atoms with van der Waals surface area (Å²) < 4.78 is 1.60. The third kappa shape index (κ3) is 1.71. The molecule has 0 atom stereocenters. The van der Waals surface area contributed by atoms with Crippen molar-refractivity contribution in [1.29, 1.82) is 0 Å². The Morgan fingerprint density at radius 3 is 3.00 bits per heavy atom. The van der Waals surface area contributed by atoms with Crippen LogP contribution < -0.4 is 5.73 Å². The monoisotopic (exact) mass is 219 g/mol. The van der Waals surface area contributed by atoms with E-state index in [9.17, 15) is 4.79 Å². The normalized spacial score (nSPS) is 9.71. The molecule has 0 aliphatic carbocycles. The number of nitrogen functional groups attached to an aromatic ring is 1. The van der Waals surface area contributed by atoms with E-state index in [1.807, 2.05) is 0 Å². The van der Waals surface area contributed by atoms with E-state index in [1.54, 1.807) is 0 Å². The van der Waals surface area contributed by atoms with Gasteiger partial charge in [-0.25, -0.2) is 4.98 Å². The van der Waals surface area contributed by atoms with E-state index < -0.39 is 0 Å². The Hall–Kier alpha value is -0.760. The van der Waals surface area contributed by atoms with E-state index in [4.69, 9.17) is 18.0 Å². The maximum absolute atomic E-state index is 10.5. The van der Waals surface area contributed by atoms with Crippen molar-refractivity contribution in [3.05, 3.63) is 11.0 Å². The number of carbonyl (C=O) groups excluding carboxylic acids is 1. The van der Waals surface area contributed by atoms with Crippen molar-refractivity contribution in [1.82, 2.24) is 19.5 Å². The van der Waals surface area contributed by atoms with Gasteiger partial charge in [-0.05, 0) is 0 Å². The predicted molar refractivity (Wildman–Crippen MR) is 56.4 cm³/mol. The molecule has 0 aliphatic heterocycles. The zero-order chi connectivity index (χ0) is 9.42. The Morgan fingerprint density at radius 2 is 2.36 bits per heavy atom. The quantitative estimate of drug-likeness (QED) is 0.382. The van der Waals surface area contributed by atoms with Crippen LogP contribution in [0.4, 0.5) is 5.95 Å². The molecule has 68 valence electrons. The number of anilines is 1. The Kier molecular flexibility index (Phi) is 3.38. The Labute approximate surface area is 106 Å². The summed E-state index contributed by atoms with van der Waals surface area (Å²) in [6.07, 6.45) is 1.93. The number of nitrogens with one attached hydrogen (secondary N) is 1. The average molecular weight is 219 g/mol. The minimum absolute atomic E-state index is 0. The molecule has 14 heavy (non-hydrogen) atoms. The second-order valence-electron chi connectivity index (χ2n) is 2.38. The number of imidazole rings is 1. The van der Waals surface area contributed by atoms with Crippen LogP contribution in [0.5, 0.6) is 0 Å². The van der Waals surface area contributed by atoms with Gasteiger partial charge in [0.05, 0.1) is 0 Å². The van der Waals surface area contributed by atoms with Gasteiger partial charge >= 0.3 is 29.6 Å². The molecule has 0 aromatic carbocycles. The van der Waals surface area contributed by atoms with Crippen LogP contribution in [-0.2, 0) is 4.79 Å². The molecule has 2 rings (SSSR count). The molecular formula is C6H6N5NaOS. The summed E-state index contributed by atoms with van der Waals surface area (Å²) in [6.45, 7) is 0. The molecule has 2 aromatic heterocycles. The predicted octanol–water partition coefficient (Wildman–Crippen LogP) is -0.539. The SMILES string of the molecule is Nc1nc2c(ncn2C=O)c(=S)[nH]1.[NaH]. The van der Waals surface area contributed by atoms with Crippen LogP contribution in [0.25, 0.3) is 11.2 Å². The molecule has 0 saturated heterocycles. The Bertz CT molecular complexity index is 532. The van der Waals surface area contributed by atoms with Gasteiger partial charge in [-0.2, -0.15) is 4.98 Å². The van der Waals surface area contributed by atoms with Gasteiger partial charge in [-0.15, -0.1) is 0 Å². The summed E-state index contributed by atoms with van der Waals surface area (Å²) in [7, 11) is 0. The van der Waals surface area contributed by atoms with Crippen molar-refractivity contribution < 1.29 is 4.79 Å². The summed E-state index contributed by atoms with van der Waals surface area (Å²) in [5.74, 6) is 0.168. The summed E-state index contributed by atoms with van der Waals surface area (Å²) in [5, 5.41) is 0. The summed E-state index contributed by atoms with van der Waals surface area (Å²) in [4.78, 5) is 20.9. The number of aromatic amines is 1. The van der Waals surface area contributed by atoms with Gasteiger partial charge in [0, 0.05) is 0 Å². The van der Waals surface area contributed by atoms with Crippen LogP contribution in [-0.4, -0.2) is 55.5 Å². The van der Waals surface area contributed by atoms with Crippen molar-refractivity contribution in [2.75, 3.05) is 5.73 Å². The maximum atomic E-state index is 10.5. The van der Waals surface area contributed by atoms with Crippen molar-refractivity contribution >= 4 is 65.3 Å². The molecule has 0 bridgehead atoms. The first-order valence-corrected chi connectivity index (χ1v) is 3.81. The fourth-order valence-corrected chi connectivity index (χ4v) is 1.27. The van der Waals surface area contributed by atoms with E-state index in [0.29, 0.717) is 22.2 Å². The van der Waals surface area contributed by atoms with E-state index in [2.05, 4.69) is 15.0 Å². The third-order valence-electron chi connectivity index (χ3n) is 1.56. The molecule has 3 N–H and O–H groups in total. The third-order valence-corrected chi connectivity index (χ3v) is 1.86. The van der Waals surface area contributed by atoms with Crippen LogP contribution in [0.1, 0.15) is 0 Å². The zero-order valence-corrected chi connectivity index (χ0v) is 7.21. The van der Waals surface area contributed by atoms with Gasteiger partial charge in [-0.3, -0.25) is 9.36 Å². The van der Waals surface area contributed by atoms with Crippen LogP contribution >= 0.6 is 12.2 Å². The summed E-state index contributed by atoms with van der Waals surface area (Å²) in [6, 6.07) is 0. The van der Waals surface area contributed by atoms with Gasteiger partial charge in [-0.1, -0.05) is 12.2 Å². The summed E-state index contributed by atoms with van der Waals surface area (Å²) >= 11 is 4.94. The van der Waals surface area contributed by atoms with Crippen LogP contribution in [0.3, 0.4) is 0 Å². The first kappa shape index (κ1) is 11.3. The van der Waals surface area contributed by atoms with Crippen LogP contribution in [0.15, 0.2) is 6.33 Å². The molecule has 0 radical (unpaired) electrons. The fraction of sp³-hybridized carbons (Fsp3) is 0. The summed E-state index contributed by atoms with van der Waals surface area (Å²) in [5.41, 5.74) is 6.26. The number of nitrogens with zero attached hydrogens (tertiary/aromatic N) is 3. The van der Waals surface area contributed by atoms with Crippen LogP contribution in [0.2, 0.25) is 0 Å². The van der Waals surface area contributed by atoms with Crippen molar-refractivity contribution in [3.8, 4) is 0 Å². The van der Waals surface area contributed by atoms with Gasteiger partial charge < -0.3 is 10.7 Å². The van der Waals surface area contributed by atoms with Crippen molar-refractivity contribution in [2.45, 2.75) is 0 Å². The Morgan fingerprint density at radius 1 is 1.64 bits per heavy atom. The zero-order valence-electron chi connectivity index (χ0n) is 6.39. The standard InChI is InChI=1S/C6H5N5OS.Na.H/c7-6-9-4-3(5(13)10-6)8-1-11(4)2-12;;/h1-2H,(H3,7,9,10,13);;. The van der Waals surface area contributed by atoms with Gasteiger partial charge in [0.25, 0.3) is 0 Å². The molecule has 0 unspecified atom stereocenters. The average Bonchev–Trinajstić information content (AvgIpc) is 2.47. The van der Waals surface area contributed by atoms with E-state index >= 15 is 0 Å². The van der Waals surface area contributed by atoms with E-state index in [1.165, 1.54) is 10.9 Å². The van der Waals surface area contributed by atoms with Gasteiger partial charge in [0.2, 0.25) is 12.4 Å². The molecule has 2 heterocycles. The molecule has 0 amide bonds. The number of aromatic nitrogens is 4. The van der Waals surface area contributed by atoms with Gasteiger partial charge in [0.1, 0.15) is 16.5 Å². The van der Waals surface area contributed by atoms with E-state index in [0.717, 1.165) is 0 Å². The number of H-pyrrole nitrogens is 1. The van der Waals surface area contributed by atoms with Crippen molar-refractivity contribution in [3.63, 3.8) is 0 Å². The second kappa shape index (κ2) is 4.18. The Balaban J connectivity index is 0.000000980. The molecule has 0 fully saturated rings. The minimum atomic E-state index is 0. The van der Waals surface area contributed by atoms with E-state index in [-0.39, 0.29) is 35.5 Å². The van der Waals surface area contributed by atoms with Crippen molar-refractivity contribution in [2.24, 2.45) is 0 Å². The molecule has 6 nitrogen and oxygen atoms in total. The topological polar surface area (TPSA) is 89.6 Å². The molecular weight excluding hydrogens is 213 g/mol. The second-order valence-corrected chi connectivity index (χ2v) is 2.79. The number of hydrogen-bond donors (Lipinski definition) is 2. The van der Waals surface area contributed by atoms with Gasteiger partial charge in [0.15, 0.2) is 5.65 Å². The molecule has 0 saturated carbocycles. The molecule has 0 spiro atoms. The molecule has 2 aromatic rings.